The second-order valence-electron chi connectivity index (χ2n) is 5.67. The Morgan fingerprint density at radius 3 is 2.58 bits per heavy atom. The van der Waals surface area contributed by atoms with Crippen molar-refractivity contribution in [2.75, 3.05) is 24.5 Å². The van der Waals surface area contributed by atoms with Crippen molar-refractivity contribution in [3.8, 4) is 0 Å². The molecule has 1 N–H and O–H groups in total. The predicted octanol–water partition coefficient (Wildman–Crippen LogP) is 1.43. The Hall–Kier alpha value is -1.14. The van der Waals surface area contributed by atoms with Crippen molar-refractivity contribution in [1.29, 1.82) is 0 Å². The third kappa shape index (κ3) is 4.18. The van der Waals surface area contributed by atoms with E-state index in [0.29, 0.717) is 24.4 Å². The summed E-state index contributed by atoms with van der Waals surface area (Å²) in [6, 6.07) is 0.600. The molecular weight excluding hydrogens is 244 g/mol. The zero-order valence-corrected chi connectivity index (χ0v) is 12.2. The molecule has 0 aromatic carbocycles. The normalized spacial score (nSPS) is 24.2. The third-order valence-electron chi connectivity index (χ3n) is 2.98. The number of morpholine rings is 1. The van der Waals surface area contributed by atoms with Gasteiger partial charge in [-0.1, -0.05) is 18.9 Å². The van der Waals surface area contributed by atoms with Crippen LogP contribution in [0.2, 0.25) is 0 Å². The van der Waals surface area contributed by atoms with Gasteiger partial charge in [-0.3, -0.25) is 0 Å². The van der Waals surface area contributed by atoms with Gasteiger partial charge in [0.25, 0.3) is 0 Å². The summed E-state index contributed by atoms with van der Waals surface area (Å²) in [5.41, 5.74) is 0. The summed E-state index contributed by atoms with van der Waals surface area (Å²) >= 11 is 0. The first-order valence-corrected chi connectivity index (χ1v) is 6.98. The van der Waals surface area contributed by atoms with Crippen LogP contribution in [-0.4, -0.2) is 42.0 Å². The molecule has 1 saturated heterocycles. The Morgan fingerprint density at radius 1 is 1.26 bits per heavy atom. The standard InChI is InChI=1S/C13H24N4O2/c1-9(2)5-14-6-12-15-16-13(19-12)17-7-10(3)18-11(4)8-17/h9-11,14H,5-8H2,1-4H3. The van der Waals surface area contributed by atoms with Gasteiger partial charge in [0.15, 0.2) is 0 Å². The highest BCUT2D eigenvalue weighted by Crippen LogP contribution is 2.18. The van der Waals surface area contributed by atoms with Crippen LogP contribution in [0.25, 0.3) is 0 Å². The van der Waals surface area contributed by atoms with Gasteiger partial charge in [-0.2, -0.15) is 0 Å². The second-order valence-corrected chi connectivity index (χ2v) is 5.67. The van der Waals surface area contributed by atoms with Crippen LogP contribution in [0.3, 0.4) is 0 Å². The molecule has 19 heavy (non-hydrogen) atoms. The summed E-state index contributed by atoms with van der Waals surface area (Å²) in [6.07, 6.45) is 0.385. The molecule has 108 valence electrons. The zero-order chi connectivity index (χ0) is 13.8. The summed E-state index contributed by atoms with van der Waals surface area (Å²) in [7, 11) is 0. The van der Waals surface area contributed by atoms with Crippen LogP contribution < -0.4 is 10.2 Å². The molecular formula is C13H24N4O2. The number of hydrogen-bond acceptors (Lipinski definition) is 6. The first-order chi connectivity index (χ1) is 9.04. The van der Waals surface area contributed by atoms with Crippen molar-refractivity contribution in [2.45, 2.75) is 46.4 Å². The van der Waals surface area contributed by atoms with Crippen LogP contribution in [0, 0.1) is 5.92 Å². The van der Waals surface area contributed by atoms with Gasteiger partial charge in [-0.05, 0) is 26.3 Å². The van der Waals surface area contributed by atoms with Crippen LogP contribution in [0.5, 0.6) is 0 Å². The van der Waals surface area contributed by atoms with Gasteiger partial charge in [0.05, 0.1) is 18.8 Å². The minimum Gasteiger partial charge on any atom is -0.407 e. The van der Waals surface area contributed by atoms with Crippen LogP contribution in [0.15, 0.2) is 4.42 Å². The molecule has 0 bridgehead atoms. The van der Waals surface area contributed by atoms with E-state index in [4.69, 9.17) is 9.15 Å². The molecule has 1 fully saturated rings. The van der Waals surface area contributed by atoms with Crippen LogP contribution in [0.1, 0.15) is 33.6 Å². The Labute approximate surface area is 114 Å². The minimum absolute atomic E-state index is 0.193. The maximum absolute atomic E-state index is 5.69. The average Bonchev–Trinajstić information content (AvgIpc) is 2.76. The smallest absolute Gasteiger partial charge is 0.318 e. The molecule has 2 unspecified atom stereocenters. The molecule has 0 radical (unpaired) electrons. The van der Waals surface area contributed by atoms with E-state index in [1.54, 1.807) is 0 Å². The molecule has 0 spiro atoms. The molecule has 1 aromatic heterocycles. The lowest BCUT2D eigenvalue weighted by Gasteiger charge is -2.33. The Bertz CT molecular complexity index is 384. The first kappa shape index (κ1) is 14.3. The highest BCUT2D eigenvalue weighted by atomic mass is 16.5. The van der Waals surface area contributed by atoms with Gasteiger partial charge < -0.3 is 19.4 Å². The lowest BCUT2D eigenvalue weighted by atomic mass is 10.2. The second kappa shape index (κ2) is 6.34. The maximum atomic E-state index is 5.69. The zero-order valence-electron chi connectivity index (χ0n) is 12.2. The van der Waals surface area contributed by atoms with Crippen molar-refractivity contribution < 1.29 is 9.15 Å². The summed E-state index contributed by atoms with van der Waals surface area (Å²) in [5, 5.41) is 11.5. The Morgan fingerprint density at radius 2 is 1.95 bits per heavy atom. The summed E-state index contributed by atoms with van der Waals surface area (Å²) in [4.78, 5) is 2.10. The van der Waals surface area contributed by atoms with E-state index in [-0.39, 0.29) is 12.2 Å². The van der Waals surface area contributed by atoms with E-state index in [2.05, 4.69) is 48.1 Å². The van der Waals surface area contributed by atoms with Gasteiger partial charge in [0, 0.05) is 13.1 Å². The summed E-state index contributed by atoms with van der Waals surface area (Å²) in [5.74, 6) is 1.26. The topological polar surface area (TPSA) is 63.4 Å². The largest absolute Gasteiger partial charge is 0.407 e. The fourth-order valence-corrected chi connectivity index (χ4v) is 2.25. The molecule has 2 rings (SSSR count). The molecule has 6 heteroatoms. The van der Waals surface area contributed by atoms with Crippen LogP contribution >= 0.6 is 0 Å². The number of nitrogens with one attached hydrogen (secondary N) is 1. The number of rotatable bonds is 5. The van der Waals surface area contributed by atoms with E-state index in [0.717, 1.165) is 19.6 Å². The van der Waals surface area contributed by atoms with Gasteiger partial charge in [-0.15, -0.1) is 5.10 Å². The van der Waals surface area contributed by atoms with Crippen LogP contribution in [0.4, 0.5) is 6.01 Å². The van der Waals surface area contributed by atoms with Crippen LogP contribution in [-0.2, 0) is 11.3 Å². The fraction of sp³-hybridized carbons (Fsp3) is 0.846. The number of anilines is 1. The molecule has 1 aliphatic rings. The van der Waals surface area contributed by atoms with Crippen molar-refractivity contribution in [3.63, 3.8) is 0 Å². The molecule has 2 heterocycles. The number of aromatic nitrogens is 2. The maximum Gasteiger partial charge on any atom is 0.318 e. The van der Waals surface area contributed by atoms with Crippen molar-refractivity contribution in [3.05, 3.63) is 5.89 Å². The first-order valence-electron chi connectivity index (χ1n) is 6.98. The van der Waals surface area contributed by atoms with E-state index in [1.165, 1.54) is 0 Å². The van der Waals surface area contributed by atoms with Crippen molar-refractivity contribution >= 4 is 6.01 Å². The Balaban J connectivity index is 1.89. The highest BCUT2D eigenvalue weighted by Gasteiger charge is 2.25. The van der Waals surface area contributed by atoms with E-state index < -0.39 is 0 Å². The number of nitrogens with zero attached hydrogens (tertiary/aromatic N) is 3. The quantitative estimate of drug-likeness (QED) is 0.871. The van der Waals surface area contributed by atoms with Gasteiger partial charge in [-0.25, -0.2) is 0 Å². The summed E-state index contributed by atoms with van der Waals surface area (Å²) < 4.78 is 11.4. The van der Waals surface area contributed by atoms with Crippen molar-refractivity contribution in [1.82, 2.24) is 15.5 Å². The average molecular weight is 268 g/mol. The van der Waals surface area contributed by atoms with E-state index >= 15 is 0 Å². The Kier molecular flexibility index (Phi) is 4.76. The fourth-order valence-electron chi connectivity index (χ4n) is 2.25. The lowest BCUT2D eigenvalue weighted by molar-refractivity contribution is -0.00676. The van der Waals surface area contributed by atoms with Gasteiger partial charge in [0.2, 0.25) is 5.89 Å². The van der Waals surface area contributed by atoms with Crippen molar-refractivity contribution in [2.24, 2.45) is 5.92 Å². The van der Waals surface area contributed by atoms with E-state index in [9.17, 15) is 0 Å². The minimum atomic E-state index is 0.193. The van der Waals surface area contributed by atoms with E-state index in [1.807, 2.05) is 0 Å². The highest BCUT2D eigenvalue weighted by molar-refractivity contribution is 5.25. The lowest BCUT2D eigenvalue weighted by Crippen LogP contribution is -2.45. The predicted molar refractivity (Wildman–Crippen MR) is 73.1 cm³/mol. The number of ether oxygens (including phenoxy) is 1. The van der Waals surface area contributed by atoms with Gasteiger partial charge >= 0.3 is 6.01 Å². The third-order valence-corrected chi connectivity index (χ3v) is 2.98. The molecule has 0 aliphatic carbocycles. The molecule has 1 aromatic rings. The molecule has 6 nitrogen and oxygen atoms in total. The number of hydrogen-bond donors (Lipinski definition) is 1. The molecule has 2 atom stereocenters. The monoisotopic (exact) mass is 268 g/mol. The molecule has 1 aliphatic heterocycles. The summed E-state index contributed by atoms with van der Waals surface area (Å²) in [6.45, 7) is 11.6. The molecule has 0 amide bonds. The van der Waals surface area contributed by atoms with Gasteiger partial charge in [0.1, 0.15) is 0 Å². The SMILES string of the molecule is CC(C)CNCc1nnc(N2CC(C)OC(C)C2)o1. The molecule has 0 saturated carbocycles.